The second-order valence-corrected chi connectivity index (χ2v) is 5.42. The number of nitro groups is 1. The van der Waals surface area contributed by atoms with Crippen LogP contribution in [0, 0.1) is 10.1 Å². The van der Waals surface area contributed by atoms with Crippen LogP contribution in [0.3, 0.4) is 0 Å². The van der Waals surface area contributed by atoms with Crippen molar-refractivity contribution in [2.75, 3.05) is 0 Å². The first-order valence-corrected chi connectivity index (χ1v) is 6.95. The lowest BCUT2D eigenvalue weighted by Gasteiger charge is -2.09. The van der Waals surface area contributed by atoms with E-state index in [4.69, 9.17) is 4.74 Å². The fourth-order valence-corrected chi connectivity index (χ4v) is 2.57. The Morgan fingerprint density at radius 3 is 2.24 bits per heavy atom. The van der Waals surface area contributed by atoms with E-state index in [0.717, 1.165) is 13.1 Å². The van der Waals surface area contributed by atoms with E-state index in [1.807, 2.05) is 0 Å². The summed E-state index contributed by atoms with van der Waals surface area (Å²) in [5.74, 6) is -1.09. The summed E-state index contributed by atoms with van der Waals surface area (Å²) in [5.41, 5.74) is -4.00. The van der Waals surface area contributed by atoms with E-state index in [9.17, 15) is 36.5 Å². The van der Waals surface area contributed by atoms with Crippen LogP contribution in [0.4, 0.5) is 32.0 Å². The fraction of sp³-hybridized carbons (Fsp3) is 0.250. The molecule has 0 spiro atoms. The van der Waals surface area contributed by atoms with Gasteiger partial charge in [-0.2, -0.15) is 26.3 Å². The van der Waals surface area contributed by atoms with Crippen LogP contribution in [0.5, 0.6) is 11.6 Å². The Hall–Kier alpha value is -2.31. The standard InChI is InChI=1S/C12H6BrF6N3O3/c1-21-9(12(17,18)19)8(13)10(20-21)25-5-2-3-6(11(14,15)16)7(4-5)22(23)24/h2-4H,1H3. The SMILES string of the molecule is Cn1nc(Oc2ccc(C(F)(F)F)c([N+](=O)[O-])c2)c(Br)c1C(F)(F)F. The van der Waals surface area contributed by atoms with Gasteiger partial charge in [-0.25, -0.2) is 0 Å². The Labute approximate surface area is 143 Å². The van der Waals surface area contributed by atoms with Gasteiger partial charge in [0, 0.05) is 7.05 Å². The molecule has 2 aromatic rings. The smallest absolute Gasteiger partial charge is 0.434 e. The lowest BCUT2D eigenvalue weighted by Crippen LogP contribution is -2.12. The lowest BCUT2D eigenvalue weighted by atomic mass is 10.1. The average molecular weight is 434 g/mol. The molecule has 0 bridgehead atoms. The molecule has 2 rings (SSSR count). The molecule has 0 saturated heterocycles. The van der Waals surface area contributed by atoms with Crippen molar-refractivity contribution >= 4 is 21.6 Å². The average Bonchev–Trinajstić information content (AvgIpc) is 2.71. The molecule has 0 radical (unpaired) electrons. The largest absolute Gasteiger partial charge is 0.436 e. The van der Waals surface area contributed by atoms with Crippen molar-refractivity contribution in [3.8, 4) is 11.6 Å². The van der Waals surface area contributed by atoms with Crippen molar-refractivity contribution in [2.24, 2.45) is 7.05 Å². The third-order valence-corrected chi connectivity index (χ3v) is 3.63. The minimum atomic E-state index is -4.98. The van der Waals surface area contributed by atoms with Gasteiger partial charge in [-0.05, 0) is 28.1 Å². The molecule has 1 aromatic carbocycles. The molecule has 0 aliphatic rings. The molecule has 6 nitrogen and oxygen atoms in total. The Morgan fingerprint density at radius 1 is 1.20 bits per heavy atom. The number of rotatable bonds is 3. The second kappa shape index (κ2) is 6.20. The number of nitrogens with zero attached hydrogens (tertiary/aromatic N) is 3. The Morgan fingerprint density at radius 2 is 1.80 bits per heavy atom. The number of hydrogen-bond donors (Lipinski definition) is 0. The molecule has 0 N–H and O–H groups in total. The molecular formula is C12H6BrF6N3O3. The van der Waals surface area contributed by atoms with Crippen molar-refractivity contribution in [3.63, 3.8) is 0 Å². The van der Waals surface area contributed by atoms with Crippen molar-refractivity contribution in [2.45, 2.75) is 12.4 Å². The first-order valence-electron chi connectivity index (χ1n) is 6.15. The quantitative estimate of drug-likeness (QED) is 0.391. The van der Waals surface area contributed by atoms with Gasteiger partial charge in [0.2, 0.25) is 0 Å². The number of aromatic nitrogens is 2. The predicted octanol–water partition coefficient (Wildman–Crippen LogP) is 4.92. The molecule has 0 aliphatic heterocycles. The number of nitro benzene ring substituents is 1. The molecule has 0 aliphatic carbocycles. The number of hydrogen-bond acceptors (Lipinski definition) is 4. The van der Waals surface area contributed by atoms with E-state index in [1.54, 1.807) is 0 Å². The highest BCUT2D eigenvalue weighted by atomic mass is 79.9. The van der Waals surface area contributed by atoms with Crippen LogP contribution < -0.4 is 4.74 Å². The predicted molar refractivity (Wildman–Crippen MR) is 74.1 cm³/mol. The van der Waals surface area contributed by atoms with Crippen LogP contribution in [0.1, 0.15) is 11.3 Å². The van der Waals surface area contributed by atoms with Crippen LogP contribution in [0.25, 0.3) is 0 Å². The van der Waals surface area contributed by atoms with E-state index in [1.165, 1.54) is 0 Å². The third kappa shape index (κ3) is 3.86. The van der Waals surface area contributed by atoms with E-state index in [0.29, 0.717) is 16.8 Å². The van der Waals surface area contributed by atoms with Gasteiger partial charge in [-0.15, -0.1) is 5.10 Å². The van der Waals surface area contributed by atoms with Crippen molar-refractivity contribution in [1.29, 1.82) is 0 Å². The van der Waals surface area contributed by atoms with Gasteiger partial charge >= 0.3 is 12.4 Å². The van der Waals surface area contributed by atoms with Gasteiger partial charge in [0.25, 0.3) is 11.6 Å². The van der Waals surface area contributed by atoms with Crippen LogP contribution in [-0.4, -0.2) is 14.7 Å². The molecule has 0 saturated carbocycles. The molecule has 1 aromatic heterocycles. The maximum atomic E-state index is 12.9. The zero-order valence-electron chi connectivity index (χ0n) is 11.9. The zero-order chi connectivity index (χ0) is 19.2. The van der Waals surface area contributed by atoms with Gasteiger partial charge in [0.05, 0.1) is 11.0 Å². The molecular weight excluding hydrogens is 428 g/mol. The minimum absolute atomic E-state index is 0.398. The van der Waals surface area contributed by atoms with Crippen molar-refractivity contribution < 1.29 is 36.0 Å². The molecule has 0 fully saturated rings. The van der Waals surface area contributed by atoms with Crippen LogP contribution in [0.2, 0.25) is 0 Å². The number of aryl methyl sites for hydroxylation is 1. The molecule has 25 heavy (non-hydrogen) atoms. The van der Waals surface area contributed by atoms with Crippen molar-refractivity contribution in [1.82, 2.24) is 9.78 Å². The van der Waals surface area contributed by atoms with Gasteiger partial charge in [0.15, 0.2) is 5.69 Å². The van der Waals surface area contributed by atoms with Gasteiger partial charge in [-0.3, -0.25) is 14.8 Å². The summed E-state index contributed by atoms with van der Waals surface area (Å²) in [5, 5.41) is 14.3. The first-order chi connectivity index (χ1) is 11.3. The molecule has 13 heteroatoms. The fourth-order valence-electron chi connectivity index (χ4n) is 1.92. The normalized spacial score (nSPS) is 12.3. The highest BCUT2D eigenvalue weighted by Crippen LogP contribution is 2.42. The topological polar surface area (TPSA) is 70.2 Å². The van der Waals surface area contributed by atoms with E-state index < -0.39 is 50.3 Å². The lowest BCUT2D eigenvalue weighted by molar-refractivity contribution is -0.388. The Bertz CT molecular complexity index is 831. The highest BCUT2D eigenvalue weighted by molar-refractivity contribution is 9.10. The summed E-state index contributed by atoms with van der Waals surface area (Å²) >= 11 is 2.65. The molecule has 0 amide bonds. The number of ether oxygens (including phenoxy) is 1. The van der Waals surface area contributed by atoms with E-state index >= 15 is 0 Å². The Kier molecular flexibility index (Phi) is 4.72. The number of halogens is 7. The first kappa shape index (κ1) is 19.0. The van der Waals surface area contributed by atoms with Crippen LogP contribution in [-0.2, 0) is 19.4 Å². The summed E-state index contributed by atoms with van der Waals surface area (Å²) in [7, 11) is 0.982. The Balaban J connectivity index is 2.46. The second-order valence-electron chi connectivity index (χ2n) is 4.62. The van der Waals surface area contributed by atoms with Crippen LogP contribution in [0.15, 0.2) is 22.7 Å². The number of benzene rings is 1. The molecule has 0 unspecified atom stereocenters. The summed E-state index contributed by atoms with van der Waals surface area (Å²) in [6.07, 6.45) is -9.75. The number of alkyl halides is 6. The van der Waals surface area contributed by atoms with Crippen LogP contribution >= 0.6 is 15.9 Å². The maximum Gasteiger partial charge on any atom is 0.434 e. The monoisotopic (exact) mass is 433 g/mol. The van der Waals surface area contributed by atoms with Gasteiger partial charge < -0.3 is 4.74 Å². The maximum absolute atomic E-state index is 12.9. The van der Waals surface area contributed by atoms with Gasteiger partial charge in [0.1, 0.15) is 15.8 Å². The summed E-state index contributed by atoms with van der Waals surface area (Å²) in [6, 6.07) is 1.59. The zero-order valence-corrected chi connectivity index (χ0v) is 13.5. The summed E-state index contributed by atoms with van der Waals surface area (Å²) in [6.45, 7) is 0. The van der Waals surface area contributed by atoms with Crippen molar-refractivity contribution in [3.05, 3.63) is 44.0 Å². The minimum Gasteiger partial charge on any atom is -0.436 e. The summed E-state index contributed by atoms with van der Waals surface area (Å²) < 4.78 is 81.6. The van der Waals surface area contributed by atoms with Gasteiger partial charge in [-0.1, -0.05) is 0 Å². The molecule has 136 valence electrons. The summed E-state index contributed by atoms with van der Waals surface area (Å²) in [4.78, 5) is 9.53. The van der Waals surface area contributed by atoms with E-state index in [2.05, 4.69) is 21.0 Å². The highest BCUT2D eigenvalue weighted by Gasteiger charge is 2.40. The van der Waals surface area contributed by atoms with E-state index in [-0.39, 0.29) is 0 Å². The molecule has 1 heterocycles. The third-order valence-electron chi connectivity index (χ3n) is 2.91. The molecule has 0 atom stereocenters.